The molecule has 9 heteroatoms. The molecular weight excluding hydrogens is 732 g/mol. The maximum atomic E-state index is 12.8. The van der Waals surface area contributed by atoms with Gasteiger partial charge in [0.05, 0.1) is 25.4 Å². The number of unbranched alkanes of at least 4 members (excludes halogenated alkanes) is 24. The molecule has 0 fully saturated rings. The highest BCUT2D eigenvalue weighted by Gasteiger charge is 2.27. The molecule has 0 aliphatic heterocycles. The molecule has 0 aromatic heterocycles. The molecule has 0 aromatic carbocycles. The summed E-state index contributed by atoms with van der Waals surface area (Å²) < 4.78 is 22.2. The lowest BCUT2D eigenvalue weighted by Gasteiger charge is -2.25. The van der Waals surface area contributed by atoms with Crippen LogP contribution in [0.4, 0.5) is 0 Å². The Morgan fingerprint density at radius 2 is 1.02 bits per heavy atom. The second-order valence-electron chi connectivity index (χ2n) is 15.9. The van der Waals surface area contributed by atoms with E-state index in [-0.39, 0.29) is 25.7 Å². The lowest BCUT2D eigenvalue weighted by Crippen LogP contribution is -2.46. The van der Waals surface area contributed by atoms with Gasteiger partial charge in [-0.2, -0.15) is 0 Å². The summed E-state index contributed by atoms with van der Waals surface area (Å²) >= 11 is 0. The quantitative estimate of drug-likeness (QED) is 0.0273. The topological polar surface area (TPSA) is 131 Å². The van der Waals surface area contributed by atoms with Gasteiger partial charge in [0.1, 0.15) is 0 Å². The molecule has 5 N–H and O–H groups in total. The van der Waals surface area contributed by atoms with Gasteiger partial charge < -0.3 is 21.1 Å². The molecule has 0 spiro atoms. The number of phosphoric ester groups is 1. The average molecular weight is 823 g/mol. The van der Waals surface area contributed by atoms with Crippen molar-refractivity contribution in [2.24, 2.45) is 5.73 Å². The first kappa shape index (κ1) is 55.5. The van der Waals surface area contributed by atoms with Crippen molar-refractivity contribution in [1.29, 1.82) is 0 Å². The van der Waals surface area contributed by atoms with Gasteiger partial charge in [-0.25, -0.2) is 4.57 Å². The lowest BCUT2D eigenvalue weighted by molar-refractivity contribution is -0.123. The maximum Gasteiger partial charge on any atom is 0.472 e. The molecule has 1 amide bonds. The Hall–Kier alpha value is -1.54. The Morgan fingerprint density at radius 1 is 0.596 bits per heavy atom. The molecule has 3 atom stereocenters. The van der Waals surface area contributed by atoms with Crippen LogP contribution in [0.15, 0.2) is 48.6 Å². The molecule has 0 saturated heterocycles. The minimum atomic E-state index is -4.32. The largest absolute Gasteiger partial charge is 0.472 e. The number of rotatable bonds is 44. The van der Waals surface area contributed by atoms with Gasteiger partial charge in [0.25, 0.3) is 0 Å². The summed E-state index contributed by atoms with van der Waals surface area (Å²) in [5.74, 6) is -0.175. The number of phosphoric acid groups is 1. The standard InChI is InChI=1S/C48H91N2O6P/c1-3-5-7-9-11-13-15-17-19-21-23-25-27-29-31-33-35-37-39-41-47(51)46(45-56-57(53,54)55-44-43-49)50-48(52)42-40-38-36-34-32-30-28-26-24-22-20-18-16-14-12-10-8-6-4-2/h6,8,12,14,18,20,24,26,46-47,51H,3-5,7,9-11,13,15-17,19,21-23,25,27-45,49H2,1-2H3,(H,50,52)(H,53,54)/b8-6-,14-12-,20-18-,26-24-. The van der Waals surface area contributed by atoms with Gasteiger partial charge in [-0.15, -0.1) is 0 Å². The van der Waals surface area contributed by atoms with Crippen LogP contribution in [-0.4, -0.2) is 47.8 Å². The first-order valence-electron chi connectivity index (χ1n) is 23.8. The van der Waals surface area contributed by atoms with E-state index >= 15 is 0 Å². The van der Waals surface area contributed by atoms with Crippen LogP contribution in [0.25, 0.3) is 0 Å². The third-order valence-corrected chi connectivity index (χ3v) is 11.4. The van der Waals surface area contributed by atoms with Gasteiger partial charge in [-0.05, 0) is 51.4 Å². The minimum Gasteiger partial charge on any atom is -0.391 e. The van der Waals surface area contributed by atoms with Gasteiger partial charge in [-0.3, -0.25) is 13.8 Å². The van der Waals surface area contributed by atoms with Crippen LogP contribution in [0.1, 0.15) is 219 Å². The zero-order chi connectivity index (χ0) is 41.8. The lowest BCUT2D eigenvalue weighted by atomic mass is 10.0. The third kappa shape index (κ3) is 42.4. The fourth-order valence-electron chi connectivity index (χ4n) is 6.89. The van der Waals surface area contributed by atoms with Crippen molar-refractivity contribution in [2.45, 2.75) is 231 Å². The Morgan fingerprint density at radius 3 is 1.49 bits per heavy atom. The van der Waals surface area contributed by atoms with Crippen LogP contribution in [0.2, 0.25) is 0 Å². The summed E-state index contributed by atoms with van der Waals surface area (Å²) in [5.41, 5.74) is 5.39. The van der Waals surface area contributed by atoms with Crippen molar-refractivity contribution in [3.05, 3.63) is 48.6 Å². The molecule has 0 radical (unpaired) electrons. The van der Waals surface area contributed by atoms with Crippen molar-refractivity contribution >= 4 is 13.7 Å². The summed E-state index contributed by atoms with van der Waals surface area (Å²) in [4.78, 5) is 22.8. The summed E-state index contributed by atoms with van der Waals surface area (Å²) in [6.07, 6.45) is 54.1. The van der Waals surface area contributed by atoms with E-state index in [1.165, 1.54) is 116 Å². The van der Waals surface area contributed by atoms with Crippen LogP contribution in [0.5, 0.6) is 0 Å². The van der Waals surface area contributed by atoms with E-state index in [4.69, 9.17) is 14.8 Å². The number of nitrogens with one attached hydrogen (secondary N) is 1. The number of allylic oxidation sites excluding steroid dienone is 8. The fourth-order valence-corrected chi connectivity index (χ4v) is 7.65. The van der Waals surface area contributed by atoms with E-state index < -0.39 is 20.0 Å². The molecule has 334 valence electrons. The van der Waals surface area contributed by atoms with Crippen molar-refractivity contribution < 1.29 is 28.4 Å². The molecule has 0 saturated carbocycles. The van der Waals surface area contributed by atoms with Crippen LogP contribution < -0.4 is 11.1 Å². The van der Waals surface area contributed by atoms with Gasteiger partial charge in [0, 0.05) is 13.0 Å². The number of amides is 1. The van der Waals surface area contributed by atoms with Crippen LogP contribution in [0.3, 0.4) is 0 Å². The molecule has 0 rings (SSSR count). The maximum absolute atomic E-state index is 12.8. The van der Waals surface area contributed by atoms with E-state index in [1.54, 1.807) is 0 Å². The fraction of sp³-hybridized carbons (Fsp3) is 0.812. The summed E-state index contributed by atoms with van der Waals surface area (Å²) in [6, 6.07) is -0.784. The highest BCUT2D eigenvalue weighted by Crippen LogP contribution is 2.43. The highest BCUT2D eigenvalue weighted by molar-refractivity contribution is 7.47. The highest BCUT2D eigenvalue weighted by atomic mass is 31.2. The van der Waals surface area contributed by atoms with E-state index in [0.29, 0.717) is 12.8 Å². The Balaban J connectivity index is 4.13. The van der Waals surface area contributed by atoms with Gasteiger partial charge in [0.15, 0.2) is 0 Å². The Bertz CT molecular complexity index is 1030. The first-order valence-corrected chi connectivity index (χ1v) is 25.2. The van der Waals surface area contributed by atoms with E-state index in [9.17, 15) is 19.4 Å². The molecule has 0 bridgehead atoms. The minimum absolute atomic E-state index is 0.0847. The summed E-state index contributed by atoms with van der Waals surface area (Å²) in [6.45, 7) is 4.10. The Labute approximate surface area is 352 Å². The molecule has 3 unspecified atom stereocenters. The summed E-state index contributed by atoms with van der Waals surface area (Å²) in [7, 11) is -4.32. The zero-order valence-electron chi connectivity index (χ0n) is 37.1. The second kappa shape index (κ2) is 44.0. The number of aliphatic hydroxyl groups excluding tert-OH is 1. The van der Waals surface area contributed by atoms with Gasteiger partial charge in [0.2, 0.25) is 5.91 Å². The number of carbonyl (C=O) groups is 1. The molecular formula is C48H91N2O6P. The number of carbonyl (C=O) groups excluding carboxylic acids is 1. The molecule has 0 aliphatic carbocycles. The molecule has 0 heterocycles. The van der Waals surface area contributed by atoms with E-state index in [1.807, 2.05) is 0 Å². The van der Waals surface area contributed by atoms with Crippen molar-refractivity contribution in [3.63, 3.8) is 0 Å². The average Bonchev–Trinajstić information content (AvgIpc) is 3.20. The molecule has 8 nitrogen and oxygen atoms in total. The van der Waals surface area contributed by atoms with E-state index in [2.05, 4.69) is 67.8 Å². The second-order valence-corrected chi connectivity index (χ2v) is 17.4. The molecule has 0 aromatic rings. The van der Waals surface area contributed by atoms with Gasteiger partial charge >= 0.3 is 7.82 Å². The summed E-state index contributed by atoms with van der Waals surface area (Å²) in [5, 5.41) is 13.8. The van der Waals surface area contributed by atoms with E-state index in [0.717, 1.165) is 77.0 Å². The number of nitrogens with two attached hydrogens (primary N) is 1. The normalized spacial score (nSPS) is 14.4. The molecule has 0 aliphatic rings. The zero-order valence-corrected chi connectivity index (χ0v) is 38.0. The monoisotopic (exact) mass is 823 g/mol. The Kier molecular flexibility index (Phi) is 42.8. The number of hydrogen-bond acceptors (Lipinski definition) is 6. The third-order valence-electron chi connectivity index (χ3n) is 10.4. The SMILES string of the molecule is CC/C=C\C/C=C\C/C=C\C/C=C\CCCCCCCCC(=O)NC(COP(=O)(O)OCCN)C(O)CCCCCCCCCCCCCCCCCCCCC. The van der Waals surface area contributed by atoms with Crippen molar-refractivity contribution in [2.75, 3.05) is 19.8 Å². The van der Waals surface area contributed by atoms with Crippen molar-refractivity contribution in [1.82, 2.24) is 5.32 Å². The van der Waals surface area contributed by atoms with Crippen LogP contribution in [-0.2, 0) is 18.4 Å². The molecule has 57 heavy (non-hydrogen) atoms. The van der Waals surface area contributed by atoms with Crippen molar-refractivity contribution in [3.8, 4) is 0 Å². The van der Waals surface area contributed by atoms with Crippen LogP contribution >= 0.6 is 7.82 Å². The number of aliphatic hydroxyl groups is 1. The predicted molar refractivity (Wildman–Crippen MR) is 244 cm³/mol. The smallest absolute Gasteiger partial charge is 0.391 e. The predicted octanol–water partition coefficient (Wildman–Crippen LogP) is 13.7. The van der Waals surface area contributed by atoms with Crippen LogP contribution in [0, 0.1) is 0 Å². The van der Waals surface area contributed by atoms with Gasteiger partial charge in [-0.1, -0.05) is 210 Å². The number of hydrogen-bond donors (Lipinski definition) is 4. The first-order chi connectivity index (χ1) is 27.9.